The Hall–Kier alpha value is -3.01. The van der Waals surface area contributed by atoms with Crippen LogP contribution in [0.15, 0.2) is 36.5 Å². The molecule has 2 aliphatic rings. The minimum absolute atomic E-state index is 0.438. The Labute approximate surface area is 193 Å². The number of pyridine rings is 3. The first-order valence-corrected chi connectivity index (χ1v) is 11.5. The van der Waals surface area contributed by atoms with Crippen molar-refractivity contribution in [1.29, 1.82) is 0 Å². The van der Waals surface area contributed by atoms with Gasteiger partial charge in [-0.25, -0.2) is 9.97 Å². The van der Waals surface area contributed by atoms with Gasteiger partial charge >= 0.3 is 0 Å². The number of hydrogen-bond donors (Lipinski definition) is 3. The van der Waals surface area contributed by atoms with Crippen molar-refractivity contribution in [1.82, 2.24) is 25.2 Å². The highest BCUT2D eigenvalue weighted by molar-refractivity contribution is 5.78. The highest BCUT2D eigenvalue weighted by Gasteiger charge is 2.23. The molecule has 3 N–H and O–H groups in total. The minimum atomic E-state index is -0.631. The van der Waals surface area contributed by atoms with Crippen LogP contribution in [-0.4, -0.2) is 70.9 Å². The molecule has 3 aromatic heterocycles. The highest BCUT2D eigenvalue weighted by atomic mass is 16.5. The summed E-state index contributed by atoms with van der Waals surface area (Å²) in [5.74, 6) is 2.18. The van der Waals surface area contributed by atoms with Gasteiger partial charge in [0.05, 0.1) is 36.5 Å². The third-order valence-corrected chi connectivity index (χ3v) is 6.32. The summed E-state index contributed by atoms with van der Waals surface area (Å²) >= 11 is 0. The van der Waals surface area contributed by atoms with E-state index in [1.807, 2.05) is 24.3 Å². The fourth-order valence-electron chi connectivity index (χ4n) is 4.48. The van der Waals surface area contributed by atoms with Gasteiger partial charge in [-0.2, -0.15) is 0 Å². The molecule has 0 spiro atoms. The lowest BCUT2D eigenvalue weighted by molar-refractivity contribution is 0.0947. The number of piperidine rings is 1. The van der Waals surface area contributed by atoms with Crippen LogP contribution in [0.1, 0.15) is 30.2 Å². The van der Waals surface area contributed by atoms with Gasteiger partial charge in [-0.1, -0.05) is 0 Å². The van der Waals surface area contributed by atoms with Crippen LogP contribution < -0.4 is 20.1 Å². The molecule has 0 radical (unpaired) electrons. The number of anilines is 1. The summed E-state index contributed by atoms with van der Waals surface area (Å²) < 4.78 is 10.8. The number of aliphatic hydroxyl groups is 1. The molecule has 33 heavy (non-hydrogen) atoms. The monoisotopic (exact) mass is 450 g/mol. The number of nitrogens with one attached hydrogen (secondary N) is 2. The molecule has 3 aromatic rings. The predicted octanol–water partition coefficient (Wildman–Crippen LogP) is 2.13. The number of nitrogens with zero attached hydrogens (tertiary/aromatic N) is 4. The van der Waals surface area contributed by atoms with E-state index in [1.165, 1.54) is 0 Å². The van der Waals surface area contributed by atoms with Crippen molar-refractivity contribution in [2.45, 2.75) is 31.5 Å². The smallest absolute Gasteiger partial charge is 0.213 e. The molecule has 0 bridgehead atoms. The Kier molecular flexibility index (Phi) is 6.52. The topological polar surface area (TPSA) is 105 Å². The first kappa shape index (κ1) is 21.8. The maximum Gasteiger partial charge on any atom is 0.213 e. The van der Waals surface area contributed by atoms with Gasteiger partial charge < -0.3 is 30.1 Å². The number of aliphatic hydroxyl groups excluding tert-OH is 1. The molecule has 0 unspecified atom stereocenters. The van der Waals surface area contributed by atoms with Gasteiger partial charge in [-0.3, -0.25) is 4.98 Å². The zero-order valence-corrected chi connectivity index (χ0v) is 18.8. The van der Waals surface area contributed by atoms with Gasteiger partial charge in [0.15, 0.2) is 11.6 Å². The number of ether oxygens (including phenoxy) is 2. The van der Waals surface area contributed by atoms with Crippen LogP contribution in [-0.2, 0) is 6.54 Å². The van der Waals surface area contributed by atoms with Crippen molar-refractivity contribution < 1.29 is 14.6 Å². The molecule has 5 rings (SSSR count). The summed E-state index contributed by atoms with van der Waals surface area (Å²) in [4.78, 5) is 15.8. The molecule has 1 fully saturated rings. The quantitative estimate of drug-likeness (QED) is 0.499. The fourth-order valence-corrected chi connectivity index (χ4v) is 4.48. The molecule has 0 amide bonds. The second-order valence-electron chi connectivity index (χ2n) is 8.52. The summed E-state index contributed by atoms with van der Waals surface area (Å²) in [6, 6.07) is 9.95. The van der Waals surface area contributed by atoms with Crippen molar-refractivity contribution in [2.24, 2.45) is 0 Å². The Morgan fingerprint density at radius 1 is 1.21 bits per heavy atom. The molecule has 0 saturated carbocycles. The van der Waals surface area contributed by atoms with Gasteiger partial charge in [0.2, 0.25) is 5.88 Å². The SMILES string of the molecule is COc1ccc2nccc([C@@H](O)CN3CCC(NCc4ccc5c(n4)NCCO5)CC3)c2n1. The van der Waals surface area contributed by atoms with Crippen molar-refractivity contribution in [3.05, 3.63) is 47.8 Å². The number of likely N-dealkylation sites (tertiary alicyclic amines) is 1. The number of β-amino-alcohol motifs (C(OH)–C–C–N with tert-alkyl or cyclic N) is 1. The maximum atomic E-state index is 11.0. The number of aromatic nitrogens is 3. The molecular weight excluding hydrogens is 420 g/mol. The normalized spacial score (nSPS) is 17.8. The summed E-state index contributed by atoms with van der Waals surface area (Å²) in [6.07, 6.45) is 3.15. The molecule has 174 valence electrons. The van der Waals surface area contributed by atoms with E-state index in [9.17, 15) is 5.11 Å². The van der Waals surface area contributed by atoms with E-state index in [2.05, 4.69) is 30.5 Å². The van der Waals surface area contributed by atoms with Crippen LogP contribution in [0.3, 0.4) is 0 Å². The van der Waals surface area contributed by atoms with E-state index in [0.29, 0.717) is 30.6 Å². The van der Waals surface area contributed by atoms with Gasteiger partial charge in [0, 0.05) is 37.0 Å². The molecule has 1 saturated heterocycles. The maximum absolute atomic E-state index is 11.0. The second-order valence-corrected chi connectivity index (χ2v) is 8.52. The van der Waals surface area contributed by atoms with Crippen molar-refractivity contribution in [3.8, 4) is 11.6 Å². The molecule has 2 aliphatic heterocycles. The van der Waals surface area contributed by atoms with E-state index < -0.39 is 6.10 Å². The van der Waals surface area contributed by atoms with E-state index in [1.54, 1.807) is 19.4 Å². The fraction of sp³-hybridized carbons (Fsp3) is 0.458. The summed E-state index contributed by atoms with van der Waals surface area (Å²) in [6.45, 7) is 4.65. The van der Waals surface area contributed by atoms with Crippen LogP contribution in [0.25, 0.3) is 11.0 Å². The molecule has 0 aliphatic carbocycles. The second kappa shape index (κ2) is 9.86. The summed E-state index contributed by atoms with van der Waals surface area (Å²) in [7, 11) is 1.59. The van der Waals surface area contributed by atoms with E-state index in [0.717, 1.165) is 67.4 Å². The Morgan fingerprint density at radius 3 is 2.94 bits per heavy atom. The van der Waals surface area contributed by atoms with Gasteiger partial charge in [0.1, 0.15) is 6.61 Å². The van der Waals surface area contributed by atoms with Crippen LogP contribution in [0.4, 0.5) is 5.82 Å². The summed E-state index contributed by atoms with van der Waals surface area (Å²) in [5, 5.41) is 17.9. The number of rotatable bonds is 7. The lowest BCUT2D eigenvalue weighted by Crippen LogP contribution is -2.43. The molecule has 0 aromatic carbocycles. The van der Waals surface area contributed by atoms with Crippen LogP contribution in [0, 0.1) is 0 Å². The van der Waals surface area contributed by atoms with Crippen LogP contribution >= 0.6 is 0 Å². The first-order chi connectivity index (χ1) is 16.2. The molecular formula is C24H30N6O3. The average molecular weight is 451 g/mol. The number of fused-ring (bicyclic) bond motifs is 2. The largest absolute Gasteiger partial charge is 0.488 e. The van der Waals surface area contributed by atoms with Crippen molar-refractivity contribution in [2.75, 3.05) is 45.2 Å². The van der Waals surface area contributed by atoms with Crippen LogP contribution in [0.2, 0.25) is 0 Å². The molecule has 9 nitrogen and oxygen atoms in total. The van der Waals surface area contributed by atoms with Crippen molar-refractivity contribution in [3.63, 3.8) is 0 Å². The van der Waals surface area contributed by atoms with Gasteiger partial charge in [-0.15, -0.1) is 0 Å². The zero-order chi connectivity index (χ0) is 22.6. The van der Waals surface area contributed by atoms with Gasteiger partial charge in [-0.05, 0) is 50.2 Å². The first-order valence-electron chi connectivity index (χ1n) is 11.5. The average Bonchev–Trinajstić information content (AvgIpc) is 2.87. The Bertz CT molecular complexity index is 1100. The molecule has 9 heteroatoms. The lowest BCUT2D eigenvalue weighted by Gasteiger charge is -2.33. The van der Waals surface area contributed by atoms with E-state index in [-0.39, 0.29) is 0 Å². The summed E-state index contributed by atoms with van der Waals surface area (Å²) in [5.41, 5.74) is 3.25. The Balaban J connectivity index is 1.14. The zero-order valence-electron chi connectivity index (χ0n) is 18.8. The molecule has 1 atom stereocenters. The molecule has 5 heterocycles. The predicted molar refractivity (Wildman–Crippen MR) is 126 cm³/mol. The van der Waals surface area contributed by atoms with E-state index in [4.69, 9.17) is 9.47 Å². The lowest BCUT2D eigenvalue weighted by atomic mass is 10.0. The highest BCUT2D eigenvalue weighted by Crippen LogP contribution is 2.26. The van der Waals surface area contributed by atoms with E-state index >= 15 is 0 Å². The van der Waals surface area contributed by atoms with Crippen molar-refractivity contribution >= 4 is 16.9 Å². The van der Waals surface area contributed by atoms with Gasteiger partial charge in [0.25, 0.3) is 0 Å². The number of hydrogen-bond acceptors (Lipinski definition) is 9. The third-order valence-electron chi connectivity index (χ3n) is 6.32. The van der Waals surface area contributed by atoms with Crippen LogP contribution in [0.5, 0.6) is 11.6 Å². The number of methoxy groups -OCH3 is 1. The standard InChI is InChI=1S/C24H30N6O3/c1-32-22-5-3-19-23(29-22)18(6-9-25-19)20(31)15-30-11-7-16(8-12-30)27-14-17-2-4-21-24(28-17)26-10-13-33-21/h2-6,9,16,20,27,31H,7-8,10-15H2,1H3,(H,26,28)/t20-/m0/s1. The Morgan fingerprint density at radius 2 is 2.09 bits per heavy atom. The minimum Gasteiger partial charge on any atom is -0.488 e. The third kappa shape index (κ3) is 5.00.